The second-order valence-corrected chi connectivity index (χ2v) is 5.45. The molecule has 2 aromatic rings. The molecule has 94 valence electrons. The van der Waals surface area contributed by atoms with E-state index in [-0.39, 0.29) is 5.41 Å². The first-order valence-corrected chi connectivity index (χ1v) is 5.94. The molecule has 0 N–H and O–H groups in total. The highest BCUT2D eigenvalue weighted by atomic mass is 19.1. The van der Waals surface area contributed by atoms with E-state index >= 15 is 0 Å². The van der Waals surface area contributed by atoms with Crippen LogP contribution in [0.2, 0.25) is 0 Å². The predicted octanol–water partition coefficient (Wildman–Crippen LogP) is 4.93. The van der Waals surface area contributed by atoms with E-state index in [1.807, 2.05) is 24.3 Å². The number of halogens is 2. The van der Waals surface area contributed by atoms with Crippen LogP contribution >= 0.6 is 0 Å². The average Bonchev–Trinajstić information content (AvgIpc) is 2.31. The van der Waals surface area contributed by atoms with Crippen LogP contribution in [0.3, 0.4) is 0 Å². The van der Waals surface area contributed by atoms with Crippen LogP contribution in [-0.4, -0.2) is 0 Å². The van der Waals surface area contributed by atoms with E-state index in [1.165, 1.54) is 11.6 Å². The second-order valence-electron chi connectivity index (χ2n) is 5.45. The summed E-state index contributed by atoms with van der Waals surface area (Å²) in [6.07, 6.45) is 0. The van der Waals surface area contributed by atoms with Gasteiger partial charge in [-0.05, 0) is 34.7 Å². The van der Waals surface area contributed by atoms with Gasteiger partial charge >= 0.3 is 0 Å². The summed E-state index contributed by atoms with van der Waals surface area (Å²) in [6, 6.07) is 11.1. The molecule has 2 rings (SSSR count). The fourth-order valence-corrected chi connectivity index (χ4v) is 1.87. The van der Waals surface area contributed by atoms with Gasteiger partial charge in [0.15, 0.2) is 0 Å². The largest absolute Gasteiger partial charge is 0.207 e. The lowest BCUT2D eigenvalue weighted by molar-refractivity contribution is 0.590. The Morgan fingerprint density at radius 2 is 1.44 bits per heavy atom. The summed E-state index contributed by atoms with van der Waals surface area (Å²) in [6.45, 7) is 6.35. The van der Waals surface area contributed by atoms with Gasteiger partial charge in [0.05, 0.1) is 0 Å². The summed E-state index contributed by atoms with van der Waals surface area (Å²) in [5, 5.41) is 0. The molecule has 0 saturated heterocycles. The molecule has 0 fully saturated rings. The van der Waals surface area contributed by atoms with E-state index < -0.39 is 11.6 Å². The smallest absolute Gasteiger partial charge is 0.131 e. The van der Waals surface area contributed by atoms with E-state index in [9.17, 15) is 8.78 Å². The first-order valence-electron chi connectivity index (χ1n) is 5.94. The highest BCUT2D eigenvalue weighted by molar-refractivity contribution is 5.64. The van der Waals surface area contributed by atoms with Crippen molar-refractivity contribution in [2.24, 2.45) is 0 Å². The van der Waals surface area contributed by atoms with E-state index in [0.717, 1.165) is 12.1 Å². The molecule has 0 unspecified atom stereocenters. The standard InChI is InChI=1S/C16H16F2/c1-16(2,3)12-6-4-11(5-7-12)14-10-13(17)8-9-15(14)18/h4-10H,1-3H3. The van der Waals surface area contributed by atoms with Crippen LogP contribution in [0.1, 0.15) is 26.3 Å². The molecular formula is C16H16F2. The maximum Gasteiger partial charge on any atom is 0.131 e. The maximum atomic E-state index is 13.6. The molecule has 2 aromatic carbocycles. The van der Waals surface area contributed by atoms with Gasteiger partial charge in [-0.3, -0.25) is 0 Å². The van der Waals surface area contributed by atoms with Crippen molar-refractivity contribution in [3.05, 3.63) is 59.7 Å². The molecule has 0 aliphatic heterocycles. The molecule has 18 heavy (non-hydrogen) atoms. The molecule has 0 bridgehead atoms. The van der Waals surface area contributed by atoms with Crippen LogP contribution in [0.4, 0.5) is 8.78 Å². The fourth-order valence-electron chi connectivity index (χ4n) is 1.87. The monoisotopic (exact) mass is 246 g/mol. The topological polar surface area (TPSA) is 0 Å². The lowest BCUT2D eigenvalue weighted by Crippen LogP contribution is -2.10. The Hall–Kier alpha value is -1.70. The van der Waals surface area contributed by atoms with Crippen molar-refractivity contribution in [1.29, 1.82) is 0 Å². The van der Waals surface area contributed by atoms with Crippen molar-refractivity contribution in [2.45, 2.75) is 26.2 Å². The van der Waals surface area contributed by atoms with Crippen molar-refractivity contribution in [3.63, 3.8) is 0 Å². The van der Waals surface area contributed by atoms with Gasteiger partial charge in [-0.2, -0.15) is 0 Å². The zero-order chi connectivity index (χ0) is 13.3. The van der Waals surface area contributed by atoms with E-state index in [4.69, 9.17) is 0 Å². The molecule has 2 heteroatoms. The summed E-state index contributed by atoms with van der Waals surface area (Å²) >= 11 is 0. The van der Waals surface area contributed by atoms with Gasteiger partial charge in [0.1, 0.15) is 11.6 Å². The average molecular weight is 246 g/mol. The van der Waals surface area contributed by atoms with Crippen LogP contribution in [0.5, 0.6) is 0 Å². The first kappa shape index (κ1) is 12.7. The Balaban J connectivity index is 2.43. The summed E-state index contributed by atoms with van der Waals surface area (Å²) in [7, 11) is 0. The van der Waals surface area contributed by atoms with Crippen LogP contribution in [0, 0.1) is 11.6 Å². The van der Waals surface area contributed by atoms with Gasteiger partial charge in [-0.15, -0.1) is 0 Å². The molecule has 0 radical (unpaired) electrons. The number of hydrogen-bond acceptors (Lipinski definition) is 0. The van der Waals surface area contributed by atoms with Crippen molar-refractivity contribution >= 4 is 0 Å². The van der Waals surface area contributed by atoms with E-state index in [2.05, 4.69) is 20.8 Å². The molecule has 0 aromatic heterocycles. The number of hydrogen-bond donors (Lipinski definition) is 0. The normalized spacial score (nSPS) is 11.6. The Morgan fingerprint density at radius 1 is 0.833 bits per heavy atom. The van der Waals surface area contributed by atoms with E-state index in [0.29, 0.717) is 11.1 Å². The Morgan fingerprint density at radius 3 is 2.00 bits per heavy atom. The third-order valence-electron chi connectivity index (χ3n) is 2.99. The van der Waals surface area contributed by atoms with Crippen molar-refractivity contribution < 1.29 is 8.78 Å². The Labute approximate surface area is 106 Å². The van der Waals surface area contributed by atoms with Crippen LogP contribution < -0.4 is 0 Å². The lowest BCUT2D eigenvalue weighted by atomic mass is 9.86. The minimum Gasteiger partial charge on any atom is -0.207 e. The molecular weight excluding hydrogens is 230 g/mol. The van der Waals surface area contributed by atoms with Crippen molar-refractivity contribution in [1.82, 2.24) is 0 Å². The molecule has 0 heterocycles. The summed E-state index contributed by atoms with van der Waals surface area (Å²) < 4.78 is 26.8. The number of benzene rings is 2. The quantitative estimate of drug-likeness (QED) is 0.669. The minimum atomic E-state index is -0.425. The third-order valence-corrected chi connectivity index (χ3v) is 2.99. The zero-order valence-electron chi connectivity index (χ0n) is 10.8. The molecule has 0 nitrogen and oxygen atoms in total. The van der Waals surface area contributed by atoms with Crippen molar-refractivity contribution in [3.8, 4) is 11.1 Å². The Bertz CT molecular complexity index is 548. The van der Waals surface area contributed by atoms with Gasteiger partial charge in [0.25, 0.3) is 0 Å². The maximum absolute atomic E-state index is 13.6. The summed E-state index contributed by atoms with van der Waals surface area (Å²) in [4.78, 5) is 0. The fraction of sp³-hybridized carbons (Fsp3) is 0.250. The molecule has 0 saturated carbocycles. The predicted molar refractivity (Wildman–Crippen MR) is 70.5 cm³/mol. The third kappa shape index (κ3) is 2.58. The van der Waals surface area contributed by atoms with Gasteiger partial charge in [-0.1, -0.05) is 45.0 Å². The molecule has 0 atom stereocenters. The highest BCUT2D eigenvalue weighted by Gasteiger charge is 2.14. The SMILES string of the molecule is CC(C)(C)c1ccc(-c2cc(F)ccc2F)cc1. The van der Waals surface area contributed by atoms with Crippen LogP contribution in [0.15, 0.2) is 42.5 Å². The highest BCUT2D eigenvalue weighted by Crippen LogP contribution is 2.27. The van der Waals surface area contributed by atoms with Crippen LogP contribution in [-0.2, 0) is 5.41 Å². The summed E-state index contributed by atoms with van der Waals surface area (Å²) in [5.41, 5.74) is 2.22. The molecule has 0 amide bonds. The van der Waals surface area contributed by atoms with E-state index in [1.54, 1.807) is 0 Å². The number of rotatable bonds is 1. The second kappa shape index (κ2) is 4.52. The summed E-state index contributed by atoms with van der Waals surface area (Å²) in [5.74, 6) is -0.828. The molecule has 0 aliphatic rings. The van der Waals surface area contributed by atoms with Gasteiger partial charge in [0, 0.05) is 5.56 Å². The van der Waals surface area contributed by atoms with Gasteiger partial charge < -0.3 is 0 Å². The lowest BCUT2D eigenvalue weighted by Gasteiger charge is -2.19. The molecule has 0 spiro atoms. The van der Waals surface area contributed by atoms with Gasteiger partial charge in [-0.25, -0.2) is 8.78 Å². The van der Waals surface area contributed by atoms with Gasteiger partial charge in [0.2, 0.25) is 0 Å². The Kier molecular flexibility index (Phi) is 3.20. The van der Waals surface area contributed by atoms with Crippen LogP contribution in [0.25, 0.3) is 11.1 Å². The minimum absolute atomic E-state index is 0.0546. The zero-order valence-corrected chi connectivity index (χ0v) is 10.8. The van der Waals surface area contributed by atoms with Crippen molar-refractivity contribution in [2.75, 3.05) is 0 Å². The first-order chi connectivity index (χ1) is 8.38. The molecule has 0 aliphatic carbocycles.